The average Bonchev–Trinajstić information content (AvgIpc) is 3.18. The second kappa shape index (κ2) is 8.51. The highest BCUT2D eigenvalue weighted by Crippen LogP contribution is 2.17. The average molecular weight is 429 g/mol. The summed E-state index contributed by atoms with van der Waals surface area (Å²) in [7, 11) is 0. The Balaban J connectivity index is 0.00000225. The van der Waals surface area contributed by atoms with Gasteiger partial charge in [0, 0.05) is 24.8 Å². The van der Waals surface area contributed by atoms with E-state index in [9.17, 15) is 9.59 Å². The number of carbonyl (C=O) groups is 2. The second-order valence-electron chi connectivity index (χ2n) is 5.82. The van der Waals surface area contributed by atoms with Crippen LogP contribution in [0.2, 0.25) is 0 Å². The minimum Gasteiger partial charge on any atom is -0.444 e. The SMILES string of the molecule is Cl.N[C@@H]1CCN(C(=O)Cc2ccc(NC(=O)c3ccc(Br)o3)cc2)C1. The summed E-state index contributed by atoms with van der Waals surface area (Å²) in [5, 5.41) is 2.75. The third-order valence-electron chi connectivity index (χ3n) is 3.94. The molecular formula is C17H19BrClN3O3. The van der Waals surface area contributed by atoms with Crippen LogP contribution in [0.3, 0.4) is 0 Å². The fraction of sp³-hybridized carbons (Fsp3) is 0.294. The van der Waals surface area contributed by atoms with Crippen LogP contribution in [0.4, 0.5) is 5.69 Å². The number of carbonyl (C=O) groups excluding carboxylic acids is 2. The Kier molecular flexibility index (Phi) is 6.64. The number of anilines is 1. The zero-order valence-corrected chi connectivity index (χ0v) is 15.8. The van der Waals surface area contributed by atoms with Crippen LogP contribution < -0.4 is 11.1 Å². The van der Waals surface area contributed by atoms with Crippen molar-refractivity contribution in [3.05, 3.63) is 52.4 Å². The number of amides is 2. The third kappa shape index (κ3) is 5.07. The molecule has 1 aliphatic heterocycles. The predicted molar refractivity (Wildman–Crippen MR) is 101 cm³/mol. The zero-order chi connectivity index (χ0) is 17.1. The molecule has 1 saturated heterocycles. The summed E-state index contributed by atoms with van der Waals surface area (Å²) in [6.45, 7) is 1.36. The molecular weight excluding hydrogens is 410 g/mol. The van der Waals surface area contributed by atoms with Crippen molar-refractivity contribution >= 4 is 45.8 Å². The van der Waals surface area contributed by atoms with Crippen molar-refractivity contribution < 1.29 is 14.0 Å². The van der Waals surface area contributed by atoms with Gasteiger partial charge in [-0.2, -0.15) is 0 Å². The molecule has 1 fully saturated rings. The highest BCUT2D eigenvalue weighted by atomic mass is 79.9. The molecule has 2 aromatic rings. The second-order valence-corrected chi connectivity index (χ2v) is 6.60. The first kappa shape index (κ1) is 19.5. The summed E-state index contributed by atoms with van der Waals surface area (Å²) in [4.78, 5) is 26.0. The van der Waals surface area contributed by atoms with Gasteiger partial charge in [-0.1, -0.05) is 12.1 Å². The summed E-state index contributed by atoms with van der Waals surface area (Å²) < 4.78 is 5.71. The molecule has 2 amide bonds. The van der Waals surface area contributed by atoms with Gasteiger partial charge in [-0.3, -0.25) is 9.59 Å². The molecule has 1 aromatic carbocycles. The van der Waals surface area contributed by atoms with Crippen LogP contribution in [-0.2, 0) is 11.2 Å². The fourth-order valence-corrected chi connectivity index (χ4v) is 2.94. The molecule has 1 aromatic heterocycles. The van der Waals surface area contributed by atoms with Crippen LogP contribution >= 0.6 is 28.3 Å². The largest absolute Gasteiger partial charge is 0.444 e. The monoisotopic (exact) mass is 427 g/mol. The lowest BCUT2D eigenvalue weighted by molar-refractivity contribution is -0.129. The van der Waals surface area contributed by atoms with Gasteiger partial charge in [0.1, 0.15) is 0 Å². The van der Waals surface area contributed by atoms with E-state index in [-0.39, 0.29) is 36.0 Å². The van der Waals surface area contributed by atoms with E-state index in [4.69, 9.17) is 10.2 Å². The van der Waals surface area contributed by atoms with E-state index in [1.807, 2.05) is 12.1 Å². The normalized spacial score (nSPS) is 16.4. The van der Waals surface area contributed by atoms with Crippen molar-refractivity contribution in [1.29, 1.82) is 0 Å². The van der Waals surface area contributed by atoms with Crippen LogP contribution in [0.25, 0.3) is 0 Å². The van der Waals surface area contributed by atoms with E-state index in [0.29, 0.717) is 23.3 Å². The summed E-state index contributed by atoms with van der Waals surface area (Å²) in [6, 6.07) is 10.6. The van der Waals surface area contributed by atoms with Crippen LogP contribution in [0, 0.1) is 0 Å². The number of rotatable bonds is 4. The van der Waals surface area contributed by atoms with Gasteiger partial charge < -0.3 is 20.4 Å². The third-order valence-corrected chi connectivity index (χ3v) is 4.37. The van der Waals surface area contributed by atoms with Crippen LogP contribution in [0.5, 0.6) is 0 Å². The number of hydrogen-bond acceptors (Lipinski definition) is 4. The molecule has 6 nitrogen and oxygen atoms in total. The number of nitrogens with one attached hydrogen (secondary N) is 1. The van der Waals surface area contributed by atoms with Gasteiger partial charge in [-0.05, 0) is 52.2 Å². The Morgan fingerprint density at radius 2 is 1.96 bits per heavy atom. The summed E-state index contributed by atoms with van der Waals surface area (Å²) in [5.41, 5.74) is 7.37. The Bertz CT molecular complexity index is 748. The van der Waals surface area contributed by atoms with Gasteiger partial charge in [0.05, 0.1) is 6.42 Å². The number of nitrogens with zero attached hydrogens (tertiary/aromatic N) is 1. The van der Waals surface area contributed by atoms with Crippen molar-refractivity contribution in [3.63, 3.8) is 0 Å². The van der Waals surface area contributed by atoms with Gasteiger partial charge in [0.15, 0.2) is 10.4 Å². The van der Waals surface area contributed by atoms with Crippen molar-refractivity contribution in [2.75, 3.05) is 18.4 Å². The molecule has 3 N–H and O–H groups in total. The fourth-order valence-electron chi connectivity index (χ4n) is 2.64. The summed E-state index contributed by atoms with van der Waals surface area (Å²) in [5.74, 6) is -0.0118. The highest BCUT2D eigenvalue weighted by molar-refractivity contribution is 9.10. The first-order valence-electron chi connectivity index (χ1n) is 7.70. The van der Waals surface area contributed by atoms with Crippen LogP contribution in [0.1, 0.15) is 22.5 Å². The van der Waals surface area contributed by atoms with Crippen molar-refractivity contribution in [3.8, 4) is 0 Å². The first-order chi connectivity index (χ1) is 11.5. The van der Waals surface area contributed by atoms with E-state index < -0.39 is 0 Å². The van der Waals surface area contributed by atoms with Crippen molar-refractivity contribution in [2.45, 2.75) is 18.9 Å². The Hall–Kier alpha value is -1.83. The lowest BCUT2D eigenvalue weighted by Gasteiger charge is -2.15. The van der Waals surface area contributed by atoms with Gasteiger partial charge in [0.2, 0.25) is 5.91 Å². The van der Waals surface area contributed by atoms with E-state index >= 15 is 0 Å². The maximum atomic E-state index is 12.2. The van der Waals surface area contributed by atoms with Gasteiger partial charge in [-0.15, -0.1) is 12.4 Å². The molecule has 25 heavy (non-hydrogen) atoms. The Labute approximate surface area is 160 Å². The molecule has 0 bridgehead atoms. The zero-order valence-electron chi connectivity index (χ0n) is 13.4. The highest BCUT2D eigenvalue weighted by Gasteiger charge is 2.23. The number of nitrogens with two attached hydrogens (primary N) is 1. The molecule has 8 heteroatoms. The maximum absolute atomic E-state index is 12.2. The smallest absolute Gasteiger partial charge is 0.291 e. The summed E-state index contributed by atoms with van der Waals surface area (Å²) in [6.07, 6.45) is 1.20. The topological polar surface area (TPSA) is 88.6 Å². The standard InChI is InChI=1S/C17H18BrN3O3.ClH/c18-15-6-5-14(24-15)17(23)20-13-3-1-11(2-4-13)9-16(22)21-8-7-12(19)10-21;/h1-6,12H,7-10,19H2,(H,20,23);1H/t12-;/m1./s1. The van der Waals surface area contributed by atoms with Gasteiger partial charge in [-0.25, -0.2) is 0 Å². The minimum absolute atomic E-state index is 0. The molecule has 2 heterocycles. The lowest BCUT2D eigenvalue weighted by atomic mass is 10.1. The number of furan rings is 1. The van der Waals surface area contributed by atoms with Crippen LogP contribution in [-0.4, -0.2) is 35.8 Å². The van der Waals surface area contributed by atoms with E-state index in [0.717, 1.165) is 18.5 Å². The Morgan fingerprint density at radius 1 is 1.24 bits per heavy atom. The molecule has 3 rings (SSSR count). The molecule has 0 unspecified atom stereocenters. The van der Waals surface area contributed by atoms with Gasteiger partial charge in [0.25, 0.3) is 5.91 Å². The van der Waals surface area contributed by atoms with Crippen molar-refractivity contribution in [1.82, 2.24) is 4.90 Å². The van der Waals surface area contributed by atoms with Crippen LogP contribution in [0.15, 0.2) is 45.5 Å². The Morgan fingerprint density at radius 3 is 2.52 bits per heavy atom. The molecule has 0 radical (unpaired) electrons. The quantitative estimate of drug-likeness (QED) is 0.784. The maximum Gasteiger partial charge on any atom is 0.291 e. The van der Waals surface area contributed by atoms with E-state index in [2.05, 4.69) is 21.2 Å². The lowest BCUT2D eigenvalue weighted by Crippen LogP contribution is -2.32. The van der Waals surface area contributed by atoms with Crippen molar-refractivity contribution in [2.24, 2.45) is 5.73 Å². The number of hydrogen-bond donors (Lipinski definition) is 2. The molecule has 134 valence electrons. The van der Waals surface area contributed by atoms with E-state index in [1.54, 1.807) is 29.2 Å². The van der Waals surface area contributed by atoms with Gasteiger partial charge >= 0.3 is 0 Å². The number of halogens is 2. The molecule has 0 saturated carbocycles. The minimum atomic E-state index is -0.324. The van der Waals surface area contributed by atoms with E-state index in [1.165, 1.54) is 0 Å². The molecule has 0 aliphatic carbocycles. The number of likely N-dealkylation sites (tertiary alicyclic amines) is 1. The predicted octanol–water partition coefficient (Wildman–Crippen LogP) is 2.82. The molecule has 1 aliphatic rings. The number of benzene rings is 1. The first-order valence-corrected chi connectivity index (χ1v) is 8.49. The molecule has 0 spiro atoms. The summed E-state index contributed by atoms with van der Waals surface area (Å²) >= 11 is 3.16. The molecule has 1 atom stereocenters.